The molecule has 1 N–H and O–H groups in total. The summed E-state index contributed by atoms with van der Waals surface area (Å²) >= 11 is 0. The fourth-order valence-corrected chi connectivity index (χ4v) is 3.38. The molecule has 0 spiro atoms. The number of aryl methyl sites for hydroxylation is 3. The summed E-state index contributed by atoms with van der Waals surface area (Å²) in [6.07, 6.45) is 5.46. The van der Waals surface area contributed by atoms with Crippen LogP contribution in [0.2, 0.25) is 0 Å². The van der Waals surface area contributed by atoms with Gasteiger partial charge in [-0.15, -0.1) is 0 Å². The van der Waals surface area contributed by atoms with Gasteiger partial charge >= 0.3 is 0 Å². The number of benzene rings is 1. The lowest BCUT2D eigenvalue weighted by atomic mass is 9.99. The third kappa shape index (κ3) is 3.50. The number of ether oxygens (including phenoxy) is 1. The normalized spacial score (nSPS) is 17.7. The van der Waals surface area contributed by atoms with E-state index in [0.717, 1.165) is 18.3 Å². The van der Waals surface area contributed by atoms with Crippen molar-refractivity contribution < 1.29 is 4.74 Å². The summed E-state index contributed by atoms with van der Waals surface area (Å²) in [6.45, 7) is 7.20. The van der Waals surface area contributed by atoms with Gasteiger partial charge in [-0.3, -0.25) is 0 Å². The highest BCUT2D eigenvalue weighted by atomic mass is 16.5. The van der Waals surface area contributed by atoms with Gasteiger partial charge in [0.05, 0.1) is 0 Å². The molecule has 1 fully saturated rings. The lowest BCUT2D eigenvalue weighted by Gasteiger charge is -2.24. The van der Waals surface area contributed by atoms with Crippen molar-refractivity contribution in [2.75, 3.05) is 13.7 Å². The highest BCUT2D eigenvalue weighted by Crippen LogP contribution is 2.29. The van der Waals surface area contributed by atoms with Gasteiger partial charge in [-0.25, -0.2) is 0 Å². The molecule has 1 unspecified atom stereocenters. The van der Waals surface area contributed by atoms with E-state index in [4.69, 9.17) is 4.74 Å². The van der Waals surface area contributed by atoms with E-state index in [1.165, 1.54) is 42.4 Å². The number of hydrogen-bond donors (Lipinski definition) is 1. The van der Waals surface area contributed by atoms with Crippen molar-refractivity contribution in [2.45, 2.75) is 52.5 Å². The second-order valence-corrected chi connectivity index (χ2v) is 5.98. The Labute approximate surface area is 117 Å². The van der Waals surface area contributed by atoms with Crippen molar-refractivity contribution in [3.63, 3.8) is 0 Å². The molecule has 1 atom stereocenters. The van der Waals surface area contributed by atoms with Crippen LogP contribution in [0.1, 0.15) is 42.4 Å². The topological polar surface area (TPSA) is 21.3 Å². The number of likely N-dealkylation sites (N-methyl/N-ethyl adjacent to an activating group) is 1. The van der Waals surface area contributed by atoms with Gasteiger partial charge in [-0.2, -0.15) is 0 Å². The summed E-state index contributed by atoms with van der Waals surface area (Å²) in [5.74, 6) is 1.86. The summed E-state index contributed by atoms with van der Waals surface area (Å²) in [7, 11) is 2.06. The lowest BCUT2D eigenvalue weighted by molar-refractivity contribution is 0.223. The molecule has 1 aliphatic carbocycles. The zero-order valence-corrected chi connectivity index (χ0v) is 12.8. The maximum atomic E-state index is 6.13. The predicted octanol–water partition coefficient (Wildman–Crippen LogP) is 3.77. The van der Waals surface area contributed by atoms with E-state index in [-0.39, 0.29) is 0 Å². The minimum Gasteiger partial charge on any atom is -0.491 e. The average molecular weight is 261 g/mol. The molecule has 2 heteroatoms. The first-order chi connectivity index (χ1) is 9.11. The van der Waals surface area contributed by atoms with E-state index >= 15 is 0 Å². The van der Waals surface area contributed by atoms with Crippen molar-refractivity contribution in [2.24, 2.45) is 5.92 Å². The zero-order valence-electron chi connectivity index (χ0n) is 12.8. The molecule has 106 valence electrons. The summed E-state index contributed by atoms with van der Waals surface area (Å²) in [4.78, 5) is 0. The molecular weight excluding hydrogens is 234 g/mol. The summed E-state index contributed by atoms with van der Waals surface area (Å²) in [5.41, 5.74) is 3.81. The van der Waals surface area contributed by atoms with Crippen molar-refractivity contribution in [3.05, 3.63) is 28.8 Å². The first-order valence-electron chi connectivity index (χ1n) is 7.49. The zero-order chi connectivity index (χ0) is 13.8. The van der Waals surface area contributed by atoms with Crippen LogP contribution in [0.25, 0.3) is 0 Å². The first-order valence-corrected chi connectivity index (χ1v) is 7.49. The molecule has 0 amide bonds. The third-order valence-electron chi connectivity index (χ3n) is 4.35. The minimum atomic E-state index is 0.489. The van der Waals surface area contributed by atoms with Crippen LogP contribution < -0.4 is 10.1 Å². The predicted molar refractivity (Wildman–Crippen MR) is 81.0 cm³/mol. The van der Waals surface area contributed by atoms with Gasteiger partial charge in [0.25, 0.3) is 0 Å². The second-order valence-electron chi connectivity index (χ2n) is 5.98. The van der Waals surface area contributed by atoms with Crippen LogP contribution in [0, 0.1) is 26.7 Å². The molecular formula is C17H27NO. The van der Waals surface area contributed by atoms with Crippen molar-refractivity contribution >= 4 is 0 Å². The Bertz CT molecular complexity index is 398. The maximum absolute atomic E-state index is 6.13. The van der Waals surface area contributed by atoms with Crippen LogP contribution in [0.4, 0.5) is 0 Å². The van der Waals surface area contributed by atoms with Crippen LogP contribution in [0.5, 0.6) is 5.75 Å². The Kier molecular flexibility index (Phi) is 4.87. The van der Waals surface area contributed by atoms with Gasteiger partial charge in [-0.1, -0.05) is 30.5 Å². The largest absolute Gasteiger partial charge is 0.491 e. The van der Waals surface area contributed by atoms with E-state index in [2.05, 4.69) is 45.3 Å². The number of nitrogens with one attached hydrogen (secondary N) is 1. The molecule has 19 heavy (non-hydrogen) atoms. The molecule has 0 aliphatic heterocycles. The van der Waals surface area contributed by atoms with E-state index < -0.39 is 0 Å². The summed E-state index contributed by atoms with van der Waals surface area (Å²) in [6, 6.07) is 4.89. The van der Waals surface area contributed by atoms with E-state index in [9.17, 15) is 0 Å². The SMILES string of the molecule is CNC(COc1c(C)cc(C)cc1C)C1CCCC1. The van der Waals surface area contributed by atoms with Crippen LogP contribution in [-0.4, -0.2) is 19.7 Å². The van der Waals surface area contributed by atoms with Gasteiger partial charge in [0.15, 0.2) is 0 Å². The second kappa shape index (κ2) is 6.42. The molecule has 1 aromatic carbocycles. The summed E-state index contributed by atoms with van der Waals surface area (Å²) in [5, 5.41) is 3.44. The minimum absolute atomic E-state index is 0.489. The number of rotatable bonds is 5. The Morgan fingerprint density at radius 3 is 2.26 bits per heavy atom. The van der Waals surface area contributed by atoms with Crippen molar-refractivity contribution in [1.29, 1.82) is 0 Å². The van der Waals surface area contributed by atoms with Crippen LogP contribution in [0.3, 0.4) is 0 Å². The molecule has 0 bridgehead atoms. The fraction of sp³-hybridized carbons (Fsp3) is 0.647. The van der Waals surface area contributed by atoms with Gasteiger partial charge < -0.3 is 10.1 Å². The van der Waals surface area contributed by atoms with Crippen LogP contribution in [-0.2, 0) is 0 Å². The molecule has 0 aromatic heterocycles. The molecule has 0 heterocycles. The van der Waals surface area contributed by atoms with Gasteiger partial charge in [0.2, 0.25) is 0 Å². The molecule has 2 nitrogen and oxygen atoms in total. The molecule has 1 saturated carbocycles. The molecule has 1 aromatic rings. The molecule has 0 radical (unpaired) electrons. The first kappa shape index (κ1) is 14.4. The highest BCUT2D eigenvalue weighted by Gasteiger charge is 2.24. The third-order valence-corrected chi connectivity index (χ3v) is 4.35. The molecule has 2 rings (SSSR count). The highest BCUT2D eigenvalue weighted by molar-refractivity contribution is 5.42. The van der Waals surface area contributed by atoms with Gasteiger partial charge in [0, 0.05) is 6.04 Å². The molecule has 0 saturated heterocycles. The van der Waals surface area contributed by atoms with Gasteiger partial charge in [-0.05, 0) is 57.7 Å². The fourth-order valence-electron chi connectivity index (χ4n) is 3.38. The van der Waals surface area contributed by atoms with E-state index in [0.29, 0.717) is 6.04 Å². The Morgan fingerprint density at radius 1 is 1.16 bits per heavy atom. The number of hydrogen-bond acceptors (Lipinski definition) is 2. The summed E-state index contributed by atoms with van der Waals surface area (Å²) < 4.78 is 6.13. The van der Waals surface area contributed by atoms with E-state index in [1.807, 2.05) is 0 Å². The van der Waals surface area contributed by atoms with Crippen molar-refractivity contribution in [1.82, 2.24) is 5.32 Å². The Morgan fingerprint density at radius 2 is 1.74 bits per heavy atom. The van der Waals surface area contributed by atoms with Crippen LogP contribution in [0.15, 0.2) is 12.1 Å². The van der Waals surface area contributed by atoms with Crippen molar-refractivity contribution in [3.8, 4) is 5.75 Å². The van der Waals surface area contributed by atoms with Crippen LogP contribution >= 0.6 is 0 Å². The Balaban J connectivity index is 2.01. The molecule has 1 aliphatic rings. The Hall–Kier alpha value is -1.02. The van der Waals surface area contributed by atoms with Gasteiger partial charge in [0.1, 0.15) is 12.4 Å². The smallest absolute Gasteiger partial charge is 0.125 e. The standard InChI is InChI=1S/C17H27NO/c1-12-9-13(2)17(14(3)10-12)19-11-16(18-4)15-7-5-6-8-15/h9-10,15-16,18H,5-8,11H2,1-4H3. The average Bonchev–Trinajstić information content (AvgIpc) is 2.86. The quantitative estimate of drug-likeness (QED) is 0.871. The monoisotopic (exact) mass is 261 g/mol. The maximum Gasteiger partial charge on any atom is 0.125 e. The van der Waals surface area contributed by atoms with E-state index in [1.54, 1.807) is 0 Å². The lowest BCUT2D eigenvalue weighted by Crippen LogP contribution is -2.37.